The Balaban J connectivity index is 2.01. The molecule has 1 aliphatic heterocycles. The Morgan fingerprint density at radius 1 is 1.27 bits per heavy atom. The van der Waals surface area contributed by atoms with E-state index in [1.807, 2.05) is 18.2 Å². The van der Waals surface area contributed by atoms with Crippen LogP contribution in [0.5, 0.6) is 11.5 Å². The molecular weight excluding hydrogens is 346 g/mol. The summed E-state index contributed by atoms with van der Waals surface area (Å²) < 4.78 is 8.94. The van der Waals surface area contributed by atoms with Gasteiger partial charge in [0.25, 0.3) is 0 Å². The van der Waals surface area contributed by atoms with Crippen LogP contribution in [0.3, 0.4) is 0 Å². The highest BCUT2D eigenvalue weighted by Gasteiger charge is 2.20. The maximum Gasteiger partial charge on any atom is 0.146 e. The zero-order chi connectivity index (χ0) is 15.3. The molecule has 2 heterocycles. The Morgan fingerprint density at radius 3 is 2.95 bits per heavy atom. The average molecular weight is 360 g/mol. The molecule has 6 heteroatoms. The van der Waals surface area contributed by atoms with Crippen LogP contribution in [0.25, 0.3) is 22.4 Å². The summed E-state index contributed by atoms with van der Waals surface area (Å²) in [5.41, 5.74) is 8.94. The van der Waals surface area contributed by atoms with Crippen LogP contribution in [0, 0.1) is 0 Å². The number of rotatable bonds is 1. The number of hydrogen-bond acceptors (Lipinski definition) is 4. The van der Waals surface area contributed by atoms with Crippen LogP contribution in [0.1, 0.15) is 6.42 Å². The molecule has 0 saturated heterocycles. The van der Waals surface area contributed by atoms with Gasteiger partial charge in [-0.3, -0.25) is 0 Å². The predicted octanol–water partition coefficient (Wildman–Crippen LogP) is 3.54. The number of aryl methyl sites for hydroxylation is 1. The Labute approximate surface area is 135 Å². The minimum atomic E-state index is 0.0856. The van der Waals surface area contributed by atoms with E-state index in [1.54, 1.807) is 12.1 Å². The molecule has 0 bridgehead atoms. The first-order valence-corrected chi connectivity index (χ1v) is 7.84. The Morgan fingerprint density at radius 2 is 2.14 bits per heavy atom. The van der Waals surface area contributed by atoms with Crippen molar-refractivity contribution in [1.82, 2.24) is 9.55 Å². The number of anilines is 1. The number of aromatic hydroxyl groups is 1. The number of aromatic nitrogens is 2. The molecule has 2 aromatic carbocycles. The monoisotopic (exact) mass is 359 g/mol. The van der Waals surface area contributed by atoms with Gasteiger partial charge in [-0.05, 0) is 36.8 Å². The molecule has 0 amide bonds. The molecule has 0 radical (unpaired) electrons. The maximum absolute atomic E-state index is 9.62. The smallest absolute Gasteiger partial charge is 0.146 e. The average Bonchev–Trinajstić information content (AvgIpc) is 2.70. The van der Waals surface area contributed by atoms with Crippen molar-refractivity contribution in [3.05, 3.63) is 34.8 Å². The molecule has 0 unspecified atom stereocenters. The fourth-order valence-corrected chi connectivity index (χ4v) is 3.27. The second kappa shape index (κ2) is 4.91. The van der Waals surface area contributed by atoms with E-state index in [9.17, 15) is 5.11 Å². The lowest BCUT2D eigenvalue weighted by Gasteiger charge is -2.08. The molecule has 4 rings (SSSR count). The standard InChI is InChI=1S/C16H14BrN3O2/c17-10-7-12-15-14(8-10)22-5-1-4-20(15)16(19-12)9-2-3-13(21)11(18)6-9/h2-3,6-8,21H,1,4-5,18H2. The van der Waals surface area contributed by atoms with Crippen molar-refractivity contribution in [3.8, 4) is 22.9 Å². The number of phenolic OH excluding ortho intramolecular Hbond substituents is 1. The van der Waals surface area contributed by atoms with Gasteiger partial charge >= 0.3 is 0 Å². The lowest BCUT2D eigenvalue weighted by Crippen LogP contribution is -2.01. The number of nitrogens with two attached hydrogens (primary N) is 1. The van der Waals surface area contributed by atoms with Crippen LogP contribution in [0.4, 0.5) is 5.69 Å². The third-order valence-corrected chi connectivity index (χ3v) is 4.30. The molecule has 5 nitrogen and oxygen atoms in total. The molecule has 3 N–H and O–H groups in total. The number of imidazole rings is 1. The fourth-order valence-electron chi connectivity index (χ4n) is 2.84. The summed E-state index contributed by atoms with van der Waals surface area (Å²) in [4.78, 5) is 4.74. The van der Waals surface area contributed by atoms with Crippen molar-refractivity contribution >= 4 is 32.7 Å². The van der Waals surface area contributed by atoms with Crippen molar-refractivity contribution in [2.45, 2.75) is 13.0 Å². The lowest BCUT2D eigenvalue weighted by atomic mass is 10.1. The quantitative estimate of drug-likeness (QED) is 0.514. The van der Waals surface area contributed by atoms with E-state index in [-0.39, 0.29) is 5.75 Å². The Bertz CT molecular complexity index is 889. The number of benzene rings is 2. The van der Waals surface area contributed by atoms with E-state index in [0.717, 1.165) is 45.6 Å². The van der Waals surface area contributed by atoms with Gasteiger partial charge < -0.3 is 20.1 Å². The number of ether oxygens (including phenoxy) is 1. The van der Waals surface area contributed by atoms with Crippen molar-refractivity contribution in [2.75, 3.05) is 12.3 Å². The van der Waals surface area contributed by atoms with Gasteiger partial charge in [0.2, 0.25) is 0 Å². The summed E-state index contributed by atoms with van der Waals surface area (Å²) in [6.07, 6.45) is 0.915. The first kappa shape index (κ1) is 13.5. The summed E-state index contributed by atoms with van der Waals surface area (Å²) in [5, 5.41) is 9.62. The largest absolute Gasteiger partial charge is 0.506 e. The van der Waals surface area contributed by atoms with Gasteiger partial charge in [0.15, 0.2) is 0 Å². The first-order chi connectivity index (χ1) is 10.6. The SMILES string of the molecule is Nc1cc(-c2nc3cc(Br)cc4c3n2CCCO4)ccc1O. The highest BCUT2D eigenvalue weighted by Crippen LogP contribution is 2.36. The fraction of sp³-hybridized carbons (Fsp3) is 0.188. The minimum absolute atomic E-state index is 0.0856. The minimum Gasteiger partial charge on any atom is -0.506 e. The molecule has 0 aliphatic carbocycles. The van der Waals surface area contributed by atoms with Crippen LogP contribution in [0.2, 0.25) is 0 Å². The number of hydrogen-bond donors (Lipinski definition) is 2. The first-order valence-electron chi connectivity index (χ1n) is 7.05. The predicted molar refractivity (Wildman–Crippen MR) is 89.1 cm³/mol. The lowest BCUT2D eigenvalue weighted by molar-refractivity contribution is 0.315. The zero-order valence-electron chi connectivity index (χ0n) is 11.7. The summed E-state index contributed by atoms with van der Waals surface area (Å²) in [7, 11) is 0. The second-order valence-electron chi connectivity index (χ2n) is 5.33. The summed E-state index contributed by atoms with van der Waals surface area (Å²) in [6.45, 7) is 1.52. The van der Waals surface area contributed by atoms with Crippen LogP contribution >= 0.6 is 15.9 Å². The summed E-state index contributed by atoms with van der Waals surface area (Å²) >= 11 is 3.50. The summed E-state index contributed by atoms with van der Waals surface area (Å²) in [5.74, 6) is 1.77. The van der Waals surface area contributed by atoms with Crippen LogP contribution in [0.15, 0.2) is 34.8 Å². The zero-order valence-corrected chi connectivity index (χ0v) is 13.3. The molecule has 0 fully saturated rings. The van der Waals surface area contributed by atoms with E-state index < -0.39 is 0 Å². The Hall–Kier alpha value is -2.21. The van der Waals surface area contributed by atoms with E-state index in [0.29, 0.717) is 12.3 Å². The van der Waals surface area contributed by atoms with Crippen molar-refractivity contribution in [1.29, 1.82) is 0 Å². The van der Waals surface area contributed by atoms with Gasteiger partial charge in [0.1, 0.15) is 22.8 Å². The van der Waals surface area contributed by atoms with Gasteiger partial charge in [-0.15, -0.1) is 0 Å². The molecule has 3 aromatic rings. The van der Waals surface area contributed by atoms with E-state index in [2.05, 4.69) is 20.5 Å². The molecule has 0 spiro atoms. The van der Waals surface area contributed by atoms with E-state index in [1.165, 1.54) is 0 Å². The van der Waals surface area contributed by atoms with E-state index >= 15 is 0 Å². The van der Waals surface area contributed by atoms with Crippen molar-refractivity contribution < 1.29 is 9.84 Å². The number of phenols is 1. The van der Waals surface area contributed by atoms with Gasteiger partial charge in [0, 0.05) is 16.6 Å². The third kappa shape index (κ3) is 2.02. The van der Waals surface area contributed by atoms with Gasteiger partial charge in [-0.2, -0.15) is 0 Å². The Kier molecular flexibility index (Phi) is 3.00. The molecular formula is C16H14BrN3O2. The molecule has 22 heavy (non-hydrogen) atoms. The molecule has 0 saturated carbocycles. The molecule has 112 valence electrons. The van der Waals surface area contributed by atoms with Crippen molar-refractivity contribution in [2.24, 2.45) is 0 Å². The number of halogens is 1. The van der Waals surface area contributed by atoms with Crippen LogP contribution in [-0.4, -0.2) is 21.3 Å². The van der Waals surface area contributed by atoms with Crippen LogP contribution in [-0.2, 0) is 6.54 Å². The maximum atomic E-state index is 9.62. The molecule has 1 aromatic heterocycles. The highest BCUT2D eigenvalue weighted by atomic mass is 79.9. The number of nitrogen functional groups attached to an aromatic ring is 1. The highest BCUT2D eigenvalue weighted by molar-refractivity contribution is 9.10. The number of nitrogens with zero attached hydrogens (tertiary/aromatic N) is 2. The second-order valence-corrected chi connectivity index (χ2v) is 6.25. The van der Waals surface area contributed by atoms with Crippen molar-refractivity contribution in [3.63, 3.8) is 0 Å². The molecule has 0 atom stereocenters. The normalized spacial score (nSPS) is 13.9. The van der Waals surface area contributed by atoms with Gasteiger partial charge in [0.05, 0.1) is 17.8 Å². The van der Waals surface area contributed by atoms with Crippen LogP contribution < -0.4 is 10.5 Å². The van der Waals surface area contributed by atoms with Gasteiger partial charge in [-0.25, -0.2) is 4.98 Å². The van der Waals surface area contributed by atoms with E-state index in [4.69, 9.17) is 15.5 Å². The topological polar surface area (TPSA) is 73.3 Å². The van der Waals surface area contributed by atoms with Gasteiger partial charge in [-0.1, -0.05) is 15.9 Å². The molecule has 1 aliphatic rings. The third-order valence-electron chi connectivity index (χ3n) is 3.84. The summed E-state index contributed by atoms with van der Waals surface area (Å²) in [6, 6.07) is 9.14.